The van der Waals surface area contributed by atoms with Crippen molar-refractivity contribution in [3.05, 3.63) is 18.0 Å². The van der Waals surface area contributed by atoms with Crippen LogP contribution in [-0.2, 0) is 12.1 Å². The lowest BCUT2D eigenvalue weighted by molar-refractivity contribution is 0.174. The molecule has 1 aromatic rings. The third-order valence-corrected chi connectivity index (χ3v) is 2.98. The van der Waals surface area contributed by atoms with Gasteiger partial charge in [0.25, 0.3) is 0 Å². The van der Waals surface area contributed by atoms with E-state index >= 15 is 0 Å². The van der Waals surface area contributed by atoms with Crippen LogP contribution in [0.1, 0.15) is 32.8 Å². The molecule has 1 atom stereocenters. The van der Waals surface area contributed by atoms with Crippen LogP contribution < -0.4 is 0 Å². The fraction of sp³-hybridized carbons (Fsp3) is 0.750. The van der Waals surface area contributed by atoms with Crippen molar-refractivity contribution in [2.75, 3.05) is 13.1 Å². The number of aliphatic hydroxyl groups is 1. The van der Waals surface area contributed by atoms with Gasteiger partial charge in [0.05, 0.1) is 17.8 Å². The number of hydrogen-bond acceptors (Lipinski definition) is 3. The van der Waals surface area contributed by atoms with Gasteiger partial charge in [-0.3, -0.25) is 9.58 Å². The van der Waals surface area contributed by atoms with Crippen molar-refractivity contribution in [3.63, 3.8) is 0 Å². The molecule has 1 fully saturated rings. The Morgan fingerprint density at radius 3 is 2.75 bits per heavy atom. The molecule has 1 N–H and O–H groups in total. The summed E-state index contributed by atoms with van der Waals surface area (Å²) in [7, 11) is 0. The average Bonchev–Trinajstić information content (AvgIpc) is 2.74. The van der Waals surface area contributed by atoms with Gasteiger partial charge in [-0.25, -0.2) is 0 Å². The molecule has 0 radical (unpaired) electrons. The van der Waals surface area contributed by atoms with Gasteiger partial charge in [-0.2, -0.15) is 5.10 Å². The third-order valence-electron chi connectivity index (χ3n) is 2.98. The number of rotatable bonds is 2. The van der Waals surface area contributed by atoms with Crippen molar-refractivity contribution < 1.29 is 5.11 Å². The number of likely N-dealkylation sites (tertiary alicyclic amines) is 1. The van der Waals surface area contributed by atoms with Crippen LogP contribution in [0.25, 0.3) is 0 Å². The summed E-state index contributed by atoms with van der Waals surface area (Å²) in [4.78, 5) is 2.27. The first kappa shape index (κ1) is 11.6. The molecule has 1 saturated heterocycles. The quantitative estimate of drug-likeness (QED) is 0.819. The van der Waals surface area contributed by atoms with Crippen LogP contribution in [0.2, 0.25) is 0 Å². The number of aromatic nitrogens is 2. The molecule has 2 heterocycles. The monoisotopic (exact) mass is 223 g/mol. The fourth-order valence-electron chi connectivity index (χ4n) is 2.02. The second-order valence-electron chi connectivity index (χ2n) is 5.64. The van der Waals surface area contributed by atoms with Gasteiger partial charge in [0.15, 0.2) is 0 Å². The van der Waals surface area contributed by atoms with E-state index in [0.717, 1.165) is 26.1 Å². The van der Waals surface area contributed by atoms with Crippen LogP contribution in [0, 0.1) is 0 Å². The number of hydrogen-bond donors (Lipinski definition) is 1. The molecule has 0 aliphatic carbocycles. The van der Waals surface area contributed by atoms with E-state index in [1.807, 2.05) is 10.9 Å². The first-order chi connectivity index (χ1) is 7.45. The molecule has 4 nitrogen and oxygen atoms in total. The molecule has 4 heteroatoms. The lowest BCUT2D eigenvalue weighted by Gasteiger charge is -2.19. The zero-order valence-corrected chi connectivity index (χ0v) is 10.3. The Morgan fingerprint density at radius 1 is 1.50 bits per heavy atom. The van der Waals surface area contributed by atoms with E-state index in [0.29, 0.717) is 0 Å². The van der Waals surface area contributed by atoms with Gasteiger partial charge in [-0.05, 0) is 27.2 Å². The second kappa shape index (κ2) is 4.18. The fourth-order valence-corrected chi connectivity index (χ4v) is 2.02. The number of nitrogens with zero attached hydrogens (tertiary/aromatic N) is 3. The minimum atomic E-state index is -0.141. The van der Waals surface area contributed by atoms with Crippen LogP contribution in [0.5, 0.6) is 0 Å². The smallest absolute Gasteiger partial charge is 0.0679 e. The maximum Gasteiger partial charge on any atom is 0.0679 e. The Hall–Kier alpha value is -0.870. The summed E-state index contributed by atoms with van der Waals surface area (Å²) in [6, 6.07) is 0. The Bertz CT molecular complexity index is 353. The van der Waals surface area contributed by atoms with Crippen LogP contribution >= 0.6 is 0 Å². The Balaban J connectivity index is 1.98. The maximum atomic E-state index is 9.45. The largest absolute Gasteiger partial charge is 0.392 e. The summed E-state index contributed by atoms with van der Waals surface area (Å²) in [6.07, 6.45) is 4.78. The van der Waals surface area contributed by atoms with Gasteiger partial charge < -0.3 is 5.11 Å². The van der Waals surface area contributed by atoms with Gasteiger partial charge in [-0.15, -0.1) is 0 Å². The highest BCUT2D eigenvalue weighted by Crippen LogP contribution is 2.16. The van der Waals surface area contributed by atoms with Crippen molar-refractivity contribution in [1.82, 2.24) is 14.7 Å². The highest BCUT2D eigenvalue weighted by molar-refractivity contribution is 5.05. The maximum absolute atomic E-state index is 9.45. The van der Waals surface area contributed by atoms with E-state index < -0.39 is 0 Å². The predicted octanol–water partition coefficient (Wildman–Crippen LogP) is 1.20. The van der Waals surface area contributed by atoms with Crippen molar-refractivity contribution in [3.8, 4) is 0 Å². The van der Waals surface area contributed by atoms with E-state index in [9.17, 15) is 5.11 Å². The predicted molar refractivity (Wildman–Crippen MR) is 63.1 cm³/mol. The van der Waals surface area contributed by atoms with Gasteiger partial charge in [0.1, 0.15) is 0 Å². The van der Waals surface area contributed by atoms with Crippen LogP contribution in [0.3, 0.4) is 0 Å². The first-order valence-electron chi connectivity index (χ1n) is 5.89. The zero-order valence-electron chi connectivity index (χ0n) is 10.3. The molecular weight excluding hydrogens is 202 g/mol. The second-order valence-corrected chi connectivity index (χ2v) is 5.64. The van der Waals surface area contributed by atoms with Gasteiger partial charge in [-0.1, -0.05) is 0 Å². The molecule has 0 aromatic carbocycles. The molecule has 1 aromatic heterocycles. The molecule has 1 aliphatic heterocycles. The minimum absolute atomic E-state index is 0.0444. The Labute approximate surface area is 96.9 Å². The SMILES string of the molecule is CC(C)(C)n1cc(CN2CC[C@H](O)C2)cn1. The molecular formula is C12H21N3O. The van der Waals surface area contributed by atoms with Crippen molar-refractivity contribution >= 4 is 0 Å². The Kier molecular flexibility index (Phi) is 3.04. The molecule has 90 valence electrons. The van der Waals surface area contributed by atoms with E-state index in [-0.39, 0.29) is 11.6 Å². The number of aliphatic hydroxyl groups excluding tert-OH is 1. The first-order valence-corrected chi connectivity index (χ1v) is 5.89. The average molecular weight is 223 g/mol. The van der Waals surface area contributed by atoms with Crippen LogP contribution in [-0.4, -0.2) is 39.0 Å². The molecule has 0 amide bonds. The molecule has 0 spiro atoms. The number of β-amino-alcohol motifs (C(OH)–C–C–N with tert-alkyl or cyclic N) is 1. The molecule has 0 bridgehead atoms. The minimum Gasteiger partial charge on any atom is -0.392 e. The van der Waals surface area contributed by atoms with E-state index in [1.165, 1.54) is 5.56 Å². The van der Waals surface area contributed by atoms with Crippen LogP contribution in [0.15, 0.2) is 12.4 Å². The summed E-state index contributed by atoms with van der Waals surface area (Å²) >= 11 is 0. The summed E-state index contributed by atoms with van der Waals surface area (Å²) in [5.74, 6) is 0. The summed E-state index contributed by atoms with van der Waals surface area (Å²) in [5.41, 5.74) is 1.27. The summed E-state index contributed by atoms with van der Waals surface area (Å²) in [6.45, 7) is 9.10. The van der Waals surface area contributed by atoms with Crippen molar-refractivity contribution in [1.29, 1.82) is 0 Å². The molecule has 1 aliphatic rings. The van der Waals surface area contributed by atoms with E-state index in [1.54, 1.807) is 0 Å². The van der Waals surface area contributed by atoms with Gasteiger partial charge in [0, 0.05) is 31.4 Å². The van der Waals surface area contributed by atoms with Gasteiger partial charge in [0.2, 0.25) is 0 Å². The normalized spacial score (nSPS) is 22.9. The van der Waals surface area contributed by atoms with E-state index in [2.05, 4.69) is 37.0 Å². The topological polar surface area (TPSA) is 41.3 Å². The van der Waals surface area contributed by atoms with Crippen molar-refractivity contribution in [2.24, 2.45) is 0 Å². The standard InChI is InChI=1S/C12H21N3O/c1-12(2,3)15-8-10(6-13-15)7-14-5-4-11(16)9-14/h6,8,11,16H,4-5,7,9H2,1-3H3/t11-/m0/s1. The highest BCUT2D eigenvalue weighted by atomic mass is 16.3. The van der Waals surface area contributed by atoms with Gasteiger partial charge >= 0.3 is 0 Å². The lowest BCUT2D eigenvalue weighted by Crippen LogP contribution is -2.23. The summed E-state index contributed by atoms with van der Waals surface area (Å²) < 4.78 is 1.99. The third kappa shape index (κ3) is 2.62. The molecule has 2 rings (SSSR count). The summed E-state index contributed by atoms with van der Waals surface area (Å²) in [5, 5.41) is 13.8. The van der Waals surface area contributed by atoms with Crippen molar-refractivity contribution in [2.45, 2.75) is 45.4 Å². The lowest BCUT2D eigenvalue weighted by atomic mass is 10.1. The van der Waals surface area contributed by atoms with Crippen LogP contribution in [0.4, 0.5) is 0 Å². The Morgan fingerprint density at radius 2 is 2.25 bits per heavy atom. The molecule has 0 saturated carbocycles. The highest BCUT2D eigenvalue weighted by Gasteiger charge is 2.21. The van der Waals surface area contributed by atoms with E-state index in [4.69, 9.17) is 0 Å². The molecule has 0 unspecified atom stereocenters. The zero-order chi connectivity index (χ0) is 11.8. The molecule has 16 heavy (non-hydrogen) atoms.